The van der Waals surface area contributed by atoms with Crippen LogP contribution < -0.4 is 15.5 Å². The molecule has 4 aromatic rings. The number of nitrogens with one attached hydrogen (secondary N) is 3. The Kier molecular flexibility index (Phi) is 8.82. The third-order valence-electron chi connectivity index (χ3n) is 8.89. The molecule has 0 saturated carbocycles. The van der Waals surface area contributed by atoms with E-state index in [1.807, 2.05) is 6.07 Å². The zero-order valence-corrected chi connectivity index (χ0v) is 27.9. The average Bonchev–Trinajstić information content (AvgIpc) is 3.66. The van der Waals surface area contributed by atoms with Crippen molar-refractivity contribution in [1.29, 1.82) is 0 Å². The van der Waals surface area contributed by atoms with Gasteiger partial charge in [-0.3, -0.25) is 14.7 Å². The van der Waals surface area contributed by atoms with Crippen LogP contribution in [0.15, 0.2) is 53.8 Å². The summed E-state index contributed by atoms with van der Waals surface area (Å²) in [4.78, 5) is 35.2. The van der Waals surface area contributed by atoms with Crippen molar-refractivity contribution in [3.63, 3.8) is 0 Å². The highest BCUT2D eigenvalue weighted by molar-refractivity contribution is 7.89. The highest BCUT2D eigenvalue weighted by Crippen LogP contribution is 2.38. The smallest absolute Gasteiger partial charge is 0.273 e. The summed E-state index contributed by atoms with van der Waals surface area (Å²) in [5.41, 5.74) is 1.80. The molecule has 0 bridgehead atoms. The van der Waals surface area contributed by atoms with Crippen LogP contribution in [0.3, 0.4) is 0 Å². The number of aryl methyl sites for hydroxylation is 1. The molecule has 0 radical (unpaired) electrons. The Labute approximate surface area is 277 Å². The Balaban J connectivity index is 1.30. The zero-order chi connectivity index (χ0) is 34.4. The summed E-state index contributed by atoms with van der Waals surface area (Å²) in [6, 6.07) is 7.37. The van der Waals surface area contributed by atoms with Gasteiger partial charge in [-0.05, 0) is 36.9 Å². The molecule has 0 atom stereocenters. The van der Waals surface area contributed by atoms with Crippen molar-refractivity contribution in [2.45, 2.75) is 37.6 Å². The number of piperazine rings is 1. The van der Waals surface area contributed by atoms with Crippen LogP contribution >= 0.6 is 0 Å². The molecule has 2 aromatic heterocycles. The molecule has 0 spiro atoms. The number of fused-ring (bicyclic) bond motifs is 1. The normalized spacial score (nSPS) is 16.8. The molecule has 254 valence electrons. The van der Waals surface area contributed by atoms with Crippen molar-refractivity contribution in [3.8, 4) is 0 Å². The van der Waals surface area contributed by atoms with Crippen molar-refractivity contribution in [3.05, 3.63) is 83.1 Å². The van der Waals surface area contributed by atoms with E-state index >= 15 is 0 Å². The molecule has 4 heterocycles. The molecule has 13 nitrogen and oxygen atoms in total. The van der Waals surface area contributed by atoms with Crippen molar-refractivity contribution >= 4 is 39.0 Å². The van der Waals surface area contributed by atoms with Crippen LogP contribution in [0.1, 0.15) is 52.9 Å². The molecule has 2 aromatic carbocycles. The minimum Gasteiger partial charge on any atom is -0.369 e. The number of rotatable bonds is 8. The Morgan fingerprint density at radius 3 is 2.35 bits per heavy atom. The fourth-order valence-electron chi connectivity index (χ4n) is 6.22. The maximum absolute atomic E-state index is 14.0. The molecule has 0 unspecified atom stereocenters. The maximum atomic E-state index is 14.0. The Bertz CT molecular complexity index is 1960. The molecule has 1 fully saturated rings. The van der Waals surface area contributed by atoms with Crippen molar-refractivity contribution in [2.24, 2.45) is 7.05 Å². The lowest BCUT2D eigenvalue weighted by Crippen LogP contribution is -2.46. The molecule has 2 aliphatic heterocycles. The molecule has 6 rings (SSSR count). The van der Waals surface area contributed by atoms with E-state index in [1.165, 1.54) is 12.5 Å². The number of nitrogens with zero attached hydrogens (tertiary/aromatic N) is 6. The standard InChI is InChI=1S/C32H37F2N9O4S/c1-5-41-8-10-42(11-9-41)22-6-7-24(26(15-22)36-31(45)27-16-35-19-40(27)4)30(44)37-29-25-17-43(18-32(2,3)28(25)38-39-29)48(46,47)23-13-20(33)12-21(34)14-23/h6-7,12-16,19H,5,8-11,17-18H2,1-4H3,(H,36,45)(H2,37,38,39,44). The molecule has 16 heteroatoms. The molecule has 0 aliphatic carbocycles. The number of amides is 2. The lowest BCUT2D eigenvalue weighted by atomic mass is 9.84. The Morgan fingerprint density at radius 1 is 1.00 bits per heavy atom. The Hall–Kier alpha value is -4.67. The zero-order valence-electron chi connectivity index (χ0n) is 27.0. The van der Waals surface area contributed by atoms with E-state index in [0.29, 0.717) is 23.0 Å². The number of H-pyrrole nitrogens is 1. The van der Waals surface area contributed by atoms with Gasteiger partial charge in [0.05, 0.1) is 28.7 Å². The van der Waals surface area contributed by atoms with Gasteiger partial charge < -0.3 is 25.0 Å². The number of aromatic nitrogens is 4. The summed E-state index contributed by atoms with van der Waals surface area (Å²) in [6.07, 6.45) is 2.93. The molecular formula is C32H37F2N9O4S. The van der Waals surface area contributed by atoms with Crippen LogP contribution in [0.5, 0.6) is 0 Å². The third kappa shape index (κ3) is 6.42. The number of imidazole rings is 1. The number of carbonyl (C=O) groups is 2. The second-order valence-electron chi connectivity index (χ2n) is 12.6. The maximum Gasteiger partial charge on any atom is 0.273 e. The molecule has 2 aliphatic rings. The van der Waals surface area contributed by atoms with E-state index in [4.69, 9.17) is 0 Å². The fraction of sp³-hybridized carbons (Fsp3) is 0.375. The van der Waals surface area contributed by atoms with Gasteiger partial charge in [-0.1, -0.05) is 20.8 Å². The van der Waals surface area contributed by atoms with Crippen LogP contribution in [0.25, 0.3) is 0 Å². The van der Waals surface area contributed by atoms with Gasteiger partial charge in [0, 0.05) is 74.7 Å². The van der Waals surface area contributed by atoms with Gasteiger partial charge in [-0.25, -0.2) is 22.2 Å². The van der Waals surface area contributed by atoms with Crippen LogP contribution in [-0.2, 0) is 29.0 Å². The number of halogens is 2. The largest absolute Gasteiger partial charge is 0.369 e. The summed E-state index contributed by atoms with van der Waals surface area (Å²) >= 11 is 0. The number of carbonyl (C=O) groups excluding carboxylic acids is 2. The first-order valence-electron chi connectivity index (χ1n) is 15.5. The summed E-state index contributed by atoms with van der Waals surface area (Å²) in [6.45, 7) is 9.80. The lowest BCUT2D eigenvalue weighted by Gasteiger charge is -2.37. The number of anilines is 3. The number of aromatic amines is 1. The first kappa shape index (κ1) is 33.2. The fourth-order valence-corrected chi connectivity index (χ4v) is 7.83. The molecule has 2 amide bonds. The first-order valence-corrected chi connectivity index (χ1v) is 16.9. The second-order valence-corrected chi connectivity index (χ2v) is 14.6. The van der Waals surface area contributed by atoms with Crippen LogP contribution in [0, 0.1) is 11.6 Å². The Morgan fingerprint density at radius 2 is 1.71 bits per heavy atom. The highest BCUT2D eigenvalue weighted by atomic mass is 32.2. The molecule has 3 N–H and O–H groups in total. The van der Waals surface area contributed by atoms with Gasteiger partial charge in [0.25, 0.3) is 11.8 Å². The van der Waals surface area contributed by atoms with E-state index in [9.17, 15) is 26.8 Å². The van der Waals surface area contributed by atoms with Gasteiger partial charge in [-0.2, -0.15) is 9.40 Å². The van der Waals surface area contributed by atoms with E-state index in [0.717, 1.165) is 54.8 Å². The molecule has 1 saturated heterocycles. The van der Waals surface area contributed by atoms with Crippen molar-refractivity contribution in [2.75, 3.05) is 54.8 Å². The topological polar surface area (TPSA) is 149 Å². The summed E-state index contributed by atoms with van der Waals surface area (Å²) in [5, 5.41) is 12.9. The average molecular weight is 682 g/mol. The van der Waals surface area contributed by atoms with Gasteiger partial charge in [0.1, 0.15) is 17.3 Å². The predicted molar refractivity (Wildman–Crippen MR) is 175 cm³/mol. The van der Waals surface area contributed by atoms with E-state index in [2.05, 4.69) is 42.5 Å². The summed E-state index contributed by atoms with van der Waals surface area (Å²) in [7, 11) is -2.64. The number of benzene rings is 2. The second kappa shape index (κ2) is 12.7. The molecular weight excluding hydrogens is 644 g/mol. The third-order valence-corrected chi connectivity index (χ3v) is 10.7. The number of hydrogen-bond acceptors (Lipinski definition) is 8. The van der Waals surface area contributed by atoms with Crippen LogP contribution in [0.2, 0.25) is 0 Å². The predicted octanol–water partition coefficient (Wildman–Crippen LogP) is 3.55. The van der Waals surface area contributed by atoms with Gasteiger partial charge in [0.2, 0.25) is 10.0 Å². The van der Waals surface area contributed by atoms with E-state index in [-0.39, 0.29) is 30.2 Å². The minimum absolute atomic E-state index is 0.00574. The van der Waals surface area contributed by atoms with Gasteiger partial charge in [-0.15, -0.1) is 0 Å². The van der Waals surface area contributed by atoms with Gasteiger partial charge >= 0.3 is 0 Å². The number of likely N-dealkylation sites (N-methyl/N-ethyl adjacent to an activating group) is 1. The molecule has 48 heavy (non-hydrogen) atoms. The SMILES string of the molecule is CCN1CCN(c2ccc(C(=O)Nc3n[nH]c4c3CN(S(=O)(=O)c3cc(F)cc(F)c3)CC4(C)C)c(NC(=O)c3cncn3C)c2)CC1. The number of sulfonamides is 1. The van der Waals surface area contributed by atoms with Crippen LogP contribution in [0.4, 0.5) is 26.0 Å². The minimum atomic E-state index is -4.33. The highest BCUT2D eigenvalue weighted by Gasteiger charge is 2.41. The summed E-state index contributed by atoms with van der Waals surface area (Å²) < 4.78 is 57.8. The van der Waals surface area contributed by atoms with Crippen molar-refractivity contribution < 1.29 is 26.8 Å². The van der Waals surface area contributed by atoms with Gasteiger partial charge in [0.15, 0.2) is 5.82 Å². The monoisotopic (exact) mass is 681 g/mol. The van der Waals surface area contributed by atoms with Crippen molar-refractivity contribution in [1.82, 2.24) is 29.0 Å². The van der Waals surface area contributed by atoms with E-state index in [1.54, 1.807) is 37.6 Å². The number of hydrogen-bond donors (Lipinski definition) is 3. The van der Waals surface area contributed by atoms with E-state index < -0.39 is 43.8 Å². The summed E-state index contributed by atoms with van der Waals surface area (Å²) in [5.74, 6) is -2.97. The van der Waals surface area contributed by atoms with Crippen LogP contribution in [-0.4, -0.2) is 88.5 Å². The first-order chi connectivity index (χ1) is 22.8. The quantitative estimate of drug-likeness (QED) is 0.256. The lowest BCUT2D eigenvalue weighted by molar-refractivity contribution is 0.101.